The maximum absolute atomic E-state index is 5.13. The quantitative estimate of drug-likeness (QED) is 0.156. The predicted molar refractivity (Wildman–Crippen MR) is 276 cm³/mol. The van der Waals surface area contributed by atoms with Crippen molar-refractivity contribution < 1.29 is 0 Å². The summed E-state index contributed by atoms with van der Waals surface area (Å²) in [7, 11) is 5.62. The molecule has 2 atom stereocenters. The van der Waals surface area contributed by atoms with E-state index in [2.05, 4.69) is 190 Å². The molecule has 0 bridgehead atoms. The van der Waals surface area contributed by atoms with E-state index in [1.54, 1.807) is 14.4 Å². The van der Waals surface area contributed by atoms with E-state index in [1.165, 1.54) is 22.3 Å². The summed E-state index contributed by atoms with van der Waals surface area (Å²) in [6, 6.07) is 58.3. The first kappa shape index (κ1) is 39.0. The fourth-order valence-electron chi connectivity index (χ4n) is 11.0. The van der Waals surface area contributed by atoms with Crippen molar-refractivity contribution in [3.05, 3.63) is 194 Å². The smallest absolute Gasteiger partial charge is 0.137 e. The third-order valence-electron chi connectivity index (χ3n) is 13.8. The third-order valence-corrected chi connectivity index (χ3v) is 13.8. The minimum absolute atomic E-state index is 0.188. The first-order valence-corrected chi connectivity index (χ1v) is 23.2. The van der Waals surface area contributed by atoms with Crippen molar-refractivity contribution in [3.8, 4) is 27.9 Å². The van der Waals surface area contributed by atoms with Gasteiger partial charge in [-0.2, -0.15) is 45.0 Å². The highest BCUT2D eigenvalue weighted by Gasteiger charge is 2.38. The monoisotopic (exact) mass is 894 g/mol. The number of hydrogen-bond acceptors (Lipinski definition) is 8. The fraction of sp³-hybridized carbons (Fsp3) is 0.0877. The molecule has 12 heteroatoms. The lowest BCUT2D eigenvalue weighted by Gasteiger charge is -2.28. The molecule has 1 aliphatic heterocycles. The van der Waals surface area contributed by atoms with Crippen LogP contribution in [-0.2, 0) is 21.1 Å². The highest BCUT2D eigenvalue weighted by molar-refractivity contribution is 6.13. The number of fused-ring (bicyclic) bond motifs is 9. The maximum Gasteiger partial charge on any atom is 0.137 e. The summed E-state index contributed by atoms with van der Waals surface area (Å²) >= 11 is 0. The van der Waals surface area contributed by atoms with Gasteiger partial charge < -0.3 is 14.4 Å². The number of aryl methyl sites for hydroxylation is 3. The van der Waals surface area contributed by atoms with E-state index < -0.39 is 0 Å². The highest BCUT2D eigenvalue weighted by Crippen LogP contribution is 2.50. The van der Waals surface area contributed by atoms with Gasteiger partial charge in [-0.1, -0.05) is 97.1 Å². The van der Waals surface area contributed by atoms with Crippen molar-refractivity contribution in [1.29, 1.82) is 0 Å². The Kier molecular flexibility index (Phi) is 8.45. The van der Waals surface area contributed by atoms with Crippen molar-refractivity contribution in [3.63, 3.8) is 0 Å². The number of aromatic nitrogens is 10. The molecular weight excluding hydrogens is 853 g/mol. The van der Waals surface area contributed by atoms with E-state index in [-0.39, 0.29) is 12.0 Å². The lowest BCUT2D eigenvalue weighted by atomic mass is 9.89. The number of nitrogens with zero attached hydrogens (tertiary/aromatic N) is 12. The summed E-state index contributed by atoms with van der Waals surface area (Å²) in [6.45, 7) is 0. The van der Waals surface area contributed by atoms with Crippen LogP contribution in [0.2, 0.25) is 0 Å². The zero-order valence-corrected chi connectivity index (χ0v) is 37.9. The van der Waals surface area contributed by atoms with Gasteiger partial charge in [0.2, 0.25) is 0 Å². The van der Waals surface area contributed by atoms with Crippen molar-refractivity contribution in [1.82, 2.24) is 49.5 Å². The van der Waals surface area contributed by atoms with E-state index >= 15 is 0 Å². The number of benzene rings is 8. The van der Waals surface area contributed by atoms with Gasteiger partial charge in [-0.3, -0.25) is 0 Å². The second-order valence-corrected chi connectivity index (χ2v) is 17.9. The maximum atomic E-state index is 5.13. The first-order valence-electron chi connectivity index (χ1n) is 23.2. The largest absolute Gasteiger partial charge is 0.333 e. The number of rotatable bonds is 7. The molecule has 4 aromatic heterocycles. The lowest BCUT2D eigenvalue weighted by molar-refractivity contribution is 0.665. The van der Waals surface area contributed by atoms with E-state index in [1.807, 2.05) is 33.3 Å². The van der Waals surface area contributed by atoms with Crippen LogP contribution in [0.4, 0.5) is 28.4 Å². The van der Waals surface area contributed by atoms with Gasteiger partial charge in [0.05, 0.1) is 34.1 Å². The van der Waals surface area contributed by atoms with E-state index in [0.717, 1.165) is 94.5 Å². The van der Waals surface area contributed by atoms with Gasteiger partial charge in [0.25, 0.3) is 0 Å². The van der Waals surface area contributed by atoms with Crippen LogP contribution in [0.25, 0.3) is 82.8 Å². The Balaban J connectivity index is 0.946. The van der Waals surface area contributed by atoms with Crippen LogP contribution in [0.5, 0.6) is 0 Å². The van der Waals surface area contributed by atoms with Gasteiger partial charge in [-0.05, 0) is 108 Å². The lowest BCUT2D eigenvalue weighted by Crippen LogP contribution is -2.28. The Bertz CT molecular complexity index is 4100. The van der Waals surface area contributed by atoms with Crippen LogP contribution in [0, 0.1) is 0 Å². The number of hydrogen-bond donors (Lipinski definition) is 0. The van der Waals surface area contributed by atoms with Gasteiger partial charge in [0.1, 0.15) is 33.1 Å². The van der Waals surface area contributed by atoms with Crippen LogP contribution in [0.3, 0.4) is 0 Å². The standard InChI is InChI=1S/C57H42N12/c1-64-58-45-21-14-24-50(55(45)61-64)69(51-31-27-39(53-56(51)62-65(2)59-53)35-25-29-48-43(33-35)41-19-10-12-22-46(41)67(48)37-15-6-4-7-16-37)52-32-28-40(54-57(52)63-66(3)60-54)36-26-30-49-44(34-36)42-20-11-13-23-47(42)68(49)38-17-8-5-9-18-38/h4-34,41,46H,1-3H3. The number of allylic oxidation sites excluding steroid dienone is 2. The molecule has 330 valence electrons. The summed E-state index contributed by atoms with van der Waals surface area (Å²) in [4.78, 5) is 9.61. The molecule has 2 aliphatic rings. The number of para-hydroxylation sites is 3. The molecule has 0 amide bonds. The van der Waals surface area contributed by atoms with Crippen LogP contribution in [0.1, 0.15) is 11.5 Å². The number of anilines is 5. The summed E-state index contributed by atoms with van der Waals surface area (Å²) in [6.07, 6.45) is 8.96. The minimum Gasteiger partial charge on any atom is -0.333 e. The zero-order chi connectivity index (χ0) is 45.9. The van der Waals surface area contributed by atoms with Crippen molar-refractivity contribution in [2.75, 3.05) is 9.80 Å². The average molecular weight is 895 g/mol. The molecule has 0 radical (unpaired) electrons. The normalized spacial score (nSPS) is 15.3. The zero-order valence-electron chi connectivity index (χ0n) is 37.9. The van der Waals surface area contributed by atoms with Crippen molar-refractivity contribution in [2.45, 2.75) is 12.0 Å². The topological polar surface area (TPSA) is 104 Å². The molecule has 1 aliphatic carbocycles. The summed E-state index contributed by atoms with van der Waals surface area (Å²) < 4.78 is 2.34. The molecule has 69 heavy (non-hydrogen) atoms. The second-order valence-electron chi connectivity index (χ2n) is 17.9. The average Bonchev–Trinajstić information content (AvgIpc) is 4.21. The van der Waals surface area contributed by atoms with Gasteiger partial charge in [0.15, 0.2) is 0 Å². The van der Waals surface area contributed by atoms with Crippen LogP contribution >= 0.6 is 0 Å². The molecule has 0 saturated heterocycles. The van der Waals surface area contributed by atoms with Crippen LogP contribution < -0.4 is 9.80 Å². The first-order chi connectivity index (χ1) is 33.9. The molecule has 0 fully saturated rings. The van der Waals surface area contributed by atoms with Gasteiger partial charge >= 0.3 is 0 Å². The molecule has 5 heterocycles. The van der Waals surface area contributed by atoms with E-state index in [4.69, 9.17) is 30.6 Å². The summed E-state index contributed by atoms with van der Waals surface area (Å²) in [5.41, 5.74) is 18.2. The highest BCUT2D eigenvalue weighted by atomic mass is 15.5. The Labute approximate surface area is 395 Å². The summed E-state index contributed by atoms with van der Waals surface area (Å²) in [5, 5.41) is 32.4. The molecule has 0 saturated carbocycles. The van der Waals surface area contributed by atoms with Gasteiger partial charge in [0, 0.05) is 66.0 Å². The van der Waals surface area contributed by atoms with Crippen molar-refractivity contribution >= 4 is 83.3 Å². The Hall–Kier alpha value is -9.16. The van der Waals surface area contributed by atoms with E-state index in [0.29, 0.717) is 0 Å². The molecule has 12 aromatic rings. The molecule has 8 aromatic carbocycles. The Morgan fingerprint density at radius 3 is 1.75 bits per heavy atom. The molecular formula is C57H42N12. The molecule has 12 nitrogen and oxygen atoms in total. The predicted octanol–water partition coefficient (Wildman–Crippen LogP) is 12.2. The fourth-order valence-corrected chi connectivity index (χ4v) is 11.0. The molecule has 14 rings (SSSR count). The minimum atomic E-state index is 0.188. The molecule has 0 spiro atoms. The Morgan fingerprint density at radius 1 is 0.435 bits per heavy atom. The SMILES string of the molecule is Cn1nc2cccc(N(c3ccc(-c4ccc5c(c4)C4C=CC=CC4N5c4ccccc4)c4nn(C)nc34)c3ccc(-c4ccc5c(c4)c4ccccc4n5-c4ccccc4)c4nn(C)nc34)c2n1. The second kappa shape index (κ2) is 14.9. The molecule has 2 unspecified atom stereocenters. The van der Waals surface area contributed by atoms with Crippen molar-refractivity contribution in [2.24, 2.45) is 21.1 Å². The van der Waals surface area contributed by atoms with E-state index in [9.17, 15) is 0 Å². The van der Waals surface area contributed by atoms with Crippen LogP contribution in [-0.4, -0.2) is 55.6 Å². The third kappa shape index (κ3) is 5.94. The van der Waals surface area contributed by atoms with Gasteiger partial charge in [-0.25, -0.2) is 0 Å². The summed E-state index contributed by atoms with van der Waals surface area (Å²) in [5.74, 6) is 0.207. The molecule has 0 N–H and O–H groups in total. The Morgan fingerprint density at radius 2 is 1.01 bits per heavy atom. The van der Waals surface area contributed by atoms with Gasteiger partial charge in [-0.15, -0.1) is 0 Å². The van der Waals surface area contributed by atoms with Crippen LogP contribution in [0.15, 0.2) is 188 Å².